The number of benzene rings is 2. The Morgan fingerprint density at radius 2 is 2.00 bits per heavy atom. The number of imidazole rings is 1. The first-order chi connectivity index (χ1) is 14.2. The second-order valence-corrected chi connectivity index (χ2v) is 7.11. The molecule has 0 bridgehead atoms. The van der Waals surface area contributed by atoms with Crippen molar-refractivity contribution in [1.82, 2.24) is 14.9 Å². The number of carbonyl (C=O) groups excluding carboxylic acids is 1. The molecular weight excluding hydrogens is 366 g/mol. The van der Waals surface area contributed by atoms with Crippen molar-refractivity contribution in [2.45, 2.75) is 38.6 Å². The Morgan fingerprint density at radius 1 is 1.24 bits per heavy atom. The Balaban J connectivity index is 1.48. The Kier molecular flexibility index (Phi) is 5.62. The summed E-state index contributed by atoms with van der Waals surface area (Å²) < 4.78 is 13.3. The van der Waals surface area contributed by atoms with Gasteiger partial charge in [0.05, 0.1) is 38.3 Å². The van der Waals surface area contributed by atoms with Crippen molar-refractivity contribution in [3.05, 3.63) is 83.4 Å². The van der Waals surface area contributed by atoms with Gasteiger partial charge in [-0.1, -0.05) is 49.4 Å². The summed E-state index contributed by atoms with van der Waals surface area (Å²) in [5.41, 5.74) is 3.42. The summed E-state index contributed by atoms with van der Waals surface area (Å²) in [5, 5.41) is 3.10. The summed E-state index contributed by atoms with van der Waals surface area (Å²) >= 11 is 0. The minimum absolute atomic E-state index is 0.0310. The van der Waals surface area contributed by atoms with E-state index < -0.39 is 0 Å². The van der Waals surface area contributed by atoms with Crippen LogP contribution in [0.3, 0.4) is 0 Å². The van der Waals surface area contributed by atoms with Crippen molar-refractivity contribution in [2.75, 3.05) is 7.11 Å². The molecule has 1 aromatic heterocycles. The van der Waals surface area contributed by atoms with Gasteiger partial charge in [-0.05, 0) is 29.7 Å². The van der Waals surface area contributed by atoms with Crippen LogP contribution in [-0.2, 0) is 17.9 Å². The zero-order valence-corrected chi connectivity index (χ0v) is 16.7. The third-order valence-corrected chi connectivity index (χ3v) is 5.35. The number of hydrogen-bond donors (Lipinski definition) is 1. The molecule has 6 heteroatoms. The van der Waals surface area contributed by atoms with E-state index in [4.69, 9.17) is 9.47 Å². The van der Waals surface area contributed by atoms with Gasteiger partial charge >= 0.3 is 0 Å². The zero-order valence-electron chi connectivity index (χ0n) is 16.7. The average molecular weight is 391 g/mol. The van der Waals surface area contributed by atoms with Gasteiger partial charge in [0.2, 0.25) is 0 Å². The minimum atomic E-state index is -0.178. The number of rotatable bonds is 6. The van der Waals surface area contributed by atoms with Crippen LogP contribution in [0.5, 0.6) is 5.75 Å². The first-order valence-electron chi connectivity index (χ1n) is 9.85. The predicted molar refractivity (Wildman–Crippen MR) is 110 cm³/mol. The highest BCUT2D eigenvalue weighted by Crippen LogP contribution is 2.28. The molecule has 1 aliphatic heterocycles. The number of aromatic nitrogens is 2. The van der Waals surface area contributed by atoms with Crippen molar-refractivity contribution in [1.29, 1.82) is 0 Å². The topological polar surface area (TPSA) is 65.4 Å². The lowest BCUT2D eigenvalue weighted by Gasteiger charge is -2.26. The number of hydrogen-bond acceptors (Lipinski definition) is 4. The van der Waals surface area contributed by atoms with E-state index in [1.165, 1.54) is 0 Å². The molecule has 4 rings (SSSR count). The van der Waals surface area contributed by atoms with Crippen LogP contribution in [0, 0.1) is 0 Å². The second kappa shape index (κ2) is 8.49. The lowest BCUT2D eigenvalue weighted by Crippen LogP contribution is -2.30. The summed E-state index contributed by atoms with van der Waals surface area (Å²) in [5.74, 6) is 0.617. The fourth-order valence-electron chi connectivity index (χ4n) is 3.67. The molecule has 0 fully saturated rings. The normalized spacial score (nSPS) is 16.7. The summed E-state index contributed by atoms with van der Waals surface area (Å²) in [6, 6.07) is 17.8. The fourth-order valence-corrected chi connectivity index (χ4v) is 3.67. The van der Waals surface area contributed by atoms with Gasteiger partial charge in [-0.15, -0.1) is 0 Å². The van der Waals surface area contributed by atoms with Gasteiger partial charge in [0.25, 0.3) is 5.91 Å². The van der Waals surface area contributed by atoms with Gasteiger partial charge in [-0.2, -0.15) is 0 Å². The molecule has 1 amide bonds. The van der Waals surface area contributed by atoms with E-state index in [1.54, 1.807) is 13.4 Å². The lowest BCUT2D eigenvalue weighted by atomic mass is 10.0. The van der Waals surface area contributed by atoms with Crippen LogP contribution in [0.2, 0.25) is 0 Å². The second-order valence-electron chi connectivity index (χ2n) is 7.11. The molecule has 150 valence electrons. The van der Waals surface area contributed by atoms with Crippen LogP contribution in [-0.4, -0.2) is 22.6 Å². The number of carbonyl (C=O) groups is 1. The SMILES string of the molecule is CC[C@@H](NC(=O)c1ncn2c1CO[C@H](c1ccccc1)C2)c1ccc(OC)cc1. The molecule has 2 aromatic carbocycles. The van der Waals surface area contributed by atoms with E-state index in [2.05, 4.69) is 22.4 Å². The number of amides is 1. The molecule has 0 spiro atoms. The molecule has 29 heavy (non-hydrogen) atoms. The first kappa shape index (κ1) is 19.2. The van der Waals surface area contributed by atoms with Crippen LogP contribution in [0.1, 0.15) is 52.8 Å². The summed E-state index contributed by atoms with van der Waals surface area (Å²) in [7, 11) is 1.64. The number of fused-ring (bicyclic) bond motifs is 1. The maximum absolute atomic E-state index is 12.9. The van der Waals surface area contributed by atoms with Gasteiger partial charge in [0.1, 0.15) is 11.9 Å². The first-order valence-corrected chi connectivity index (χ1v) is 9.85. The van der Waals surface area contributed by atoms with Crippen LogP contribution >= 0.6 is 0 Å². The van der Waals surface area contributed by atoms with Gasteiger partial charge in [-0.3, -0.25) is 4.79 Å². The van der Waals surface area contributed by atoms with E-state index in [0.717, 1.165) is 29.0 Å². The summed E-state index contributed by atoms with van der Waals surface area (Å²) in [6.45, 7) is 3.06. The summed E-state index contributed by atoms with van der Waals surface area (Å²) in [4.78, 5) is 17.3. The van der Waals surface area contributed by atoms with E-state index in [-0.39, 0.29) is 18.1 Å². The fraction of sp³-hybridized carbons (Fsp3) is 0.304. The Morgan fingerprint density at radius 3 is 2.69 bits per heavy atom. The molecular formula is C23H25N3O3. The quantitative estimate of drug-likeness (QED) is 0.689. The molecule has 0 saturated heterocycles. The van der Waals surface area contributed by atoms with E-state index in [0.29, 0.717) is 18.8 Å². The highest BCUT2D eigenvalue weighted by atomic mass is 16.5. The average Bonchev–Trinajstić information content (AvgIpc) is 3.21. The Hall–Kier alpha value is -3.12. The molecule has 3 aromatic rings. The van der Waals surface area contributed by atoms with Crippen LogP contribution < -0.4 is 10.1 Å². The zero-order chi connectivity index (χ0) is 20.2. The van der Waals surface area contributed by atoms with E-state index in [9.17, 15) is 4.79 Å². The molecule has 1 aliphatic rings. The number of nitrogens with zero attached hydrogens (tertiary/aromatic N) is 2. The number of nitrogens with one attached hydrogen (secondary N) is 1. The van der Waals surface area contributed by atoms with Crippen LogP contribution in [0.25, 0.3) is 0 Å². The molecule has 0 unspecified atom stereocenters. The maximum atomic E-state index is 12.9. The predicted octanol–water partition coefficient (Wildman–Crippen LogP) is 4.04. The van der Waals surface area contributed by atoms with E-state index in [1.807, 2.05) is 54.0 Å². The third kappa shape index (κ3) is 4.03. The number of ether oxygens (including phenoxy) is 2. The van der Waals surface area contributed by atoms with Crippen molar-refractivity contribution >= 4 is 5.91 Å². The Bertz CT molecular complexity index is 967. The minimum Gasteiger partial charge on any atom is -0.497 e. The van der Waals surface area contributed by atoms with Gasteiger partial charge in [0.15, 0.2) is 5.69 Å². The van der Waals surface area contributed by atoms with Crippen molar-refractivity contribution in [3.8, 4) is 5.75 Å². The maximum Gasteiger partial charge on any atom is 0.272 e. The van der Waals surface area contributed by atoms with Gasteiger partial charge in [0, 0.05) is 0 Å². The van der Waals surface area contributed by atoms with E-state index >= 15 is 0 Å². The van der Waals surface area contributed by atoms with Gasteiger partial charge in [-0.25, -0.2) is 4.98 Å². The van der Waals surface area contributed by atoms with Crippen LogP contribution in [0.4, 0.5) is 0 Å². The summed E-state index contributed by atoms with van der Waals surface area (Å²) in [6.07, 6.45) is 2.48. The van der Waals surface area contributed by atoms with Gasteiger partial charge < -0.3 is 19.4 Å². The Labute approximate surface area is 170 Å². The highest BCUT2D eigenvalue weighted by molar-refractivity contribution is 5.93. The lowest BCUT2D eigenvalue weighted by molar-refractivity contribution is 0.00256. The molecule has 0 saturated carbocycles. The molecule has 2 atom stereocenters. The third-order valence-electron chi connectivity index (χ3n) is 5.35. The van der Waals surface area contributed by atoms with Crippen molar-refractivity contribution in [2.24, 2.45) is 0 Å². The highest BCUT2D eigenvalue weighted by Gasteiger charge is 2.27. The molecule has 0 radical (unpaired) electrons. The smallest absolute Gasteiger partial charge is 0.272 e. The van der Waals surface area contributed by atoms with Crippen LogP contribution in [0.15, 0.2) is 60.9 Å². The molecule has 1 N–H and O–H groups in total. The largest absolute Gasteiger partial charge is 0.497 e. The van der Waals surface area contributed by atoms with Crippen molar-refractivity contribution < 1.29 is 14.3 Å². The molecule has 0 aliphatic carbocycles. The van der Waals surface area contributed by atoms with Crippen molar-refractivity contribution in [3.63, 3.8) is 0 Å². The molecule has 2 heterocycles. The number of methoxy groups -OCH3 is 1. The standard InChI is InChI=1S/C23H25N3O3/c1-3-19(16-9-11-18(28-2)12-10-16)25-23(27)22-20-14-29-21(13-26(20)15-24-22)17-7-5-4-6-8-17/h4-12,15,19,21H,3,13-14H2,1-2H3,(H,25,27)/t19-,21+/m1/s1. The monoisotopic (exact) mass is 391 g/mol. The molecule has 6 nitrogen and oxygen atoms in total.